The Balaban J connectivity index is 1.91. The normalized spacial score (nSPS) is 23.2. The van der Waals surface area contributed by atoms with Crippen LogP contribution >= 0.6 is 0 Å². The van der Waals surface area contributed by atoms with Gasteiger partial charge in [-0.3, -0.25) is 14.6 Å². The van der Waals surface area contributed by atoms with Gasteiger partial charge in [-0.05, 0) is 32.5 Å². The molecule has 1 aromatic carbocycles. The van der Waals surface area contributed by atoms with E-state index in [2.05, 4.69) is 22.3 Å². The number of carbonyl (C=O) groups is 1. The van der Waals surface area contributed by atoms with Gasteiger partial charge in [0, 0.05) is 25.7 Å². The van der Waals surface area contributed by atoms with E-state index in [-0.39, 0.29) is 24.1 Å². The van der Waals surface area contributed by atoms with Gasteiger partial charge in [-0.15, -0.1) is 0 Å². The first-order valence-corrected chi connectivity index (χ1v) is 8.41. The van der Waals surface area contributed by atoms with E-state index in [9.17, 15) is 9.90 Å². The van der Waals surface area contributed by atoms with Crippen molar-refractivity contribution < 1.29 is 9.90 Å². The largest absolute Gasteiger partial charge is 0.392 e. The van der Waals surface area contributed by atoms with Gasteiger partial charge in [0.05, 0.1) is 12.1 Å². The first kappa shape index (κ1) is 17.9. The van der Waals surface area contributed by atoms with Crippen LogP contribution in [0.15, 0.2) is 30.3 Å². The molecule has 0 saturated carbocycles. The Bertz CT molecular complexity index is 492. The second kappa shape index (κ2) is 8.43. The monoisotopic (exact) mass is 319 g/mol. The molecule has 1 aromatic rings. The molecule has 23 heavy (non-hydrogen) atoms. The molecule has 1 fully saturated rings. The Morgan fingerprint density at radius 2 is 2.09 bits per heavy atom. The SMILES string of the molecule is CCC(C(=O)NCC1CC(O)CN1Cc1ccccc1)N(C)C. The predicted molar refractivity (Wildman–Crippen MR) is 92.0 cm³/mol. The molecule has 0 bridgehead atoms. The molecule has 5 nitrogen and oxygen atoms in total. The Morgan fingerprint density at radius 1 is 1.39 bits per heavy atom. The molecule has 1 heterocycles. The molecule has 5 heteroatoms. The van der Waals surface area contributed by atoms with Gasteiger partial charge >= 0.3 is 0 Å². The number of amides is 1. The lowest BCUT2D eigenvalue weighted by Crippen LogP contribution is -2.47. The summed E-state index contributed by atoms with van der Waals surface area (Å²) >= 11 is 0. The Labute approximate surface area is 139 Å². The third-order valence-electron chi connectivity index (χ3n) is 4.56. The Morgan fingerprint density at radius 3 is 2.70 bits per heavy atom. The zero-order valence-corrected chi connectivity index (χ0v) is 14.4. The fraction of sp³-hybridized carbons (Fsp3) is 0.611. The van der Waals surface area contributed by atoms with Crippen molar-refractivity contribution in [1.29, 1.82) is 0 Å². The van der Waals surface area contributed by atoms with Crippen LogP contribution in [0.5, 0.6) is 0 Å². The molecule has 0 spiro atoms. The molecule has 0 radical (unpaired) electrons. The van der Waals surface area contributed by atoms with Crippen LogP contribution in [0.2, 0.25) is 0 Å². The fourth-order valence-corrected chi connectivity index (χ4v) is 3.30. The van der Waals surface area contributed by atoms with Crippen molar-refractivity contribution in [1.82, 2.24) is 15.1 Å². The van der Waals surface area contributed by atoms with Crippen LogP contribution in [-0.4, -0.2) is 66.2 Å². The molecular formula is C18H29N3O2. The fourth-order valence-electron chi connectivity index (χ4n) is 3.30. The molecule has 128 valence electrons. The van der Waals surface area contributed by atoms with Gasteiger partial charge in [-0.2, -0.15) is 0 Å². The molecule has 0 aromatic heterocycles. The lowest BCUT2D eigenvalue weighted by atomic mass is 10.1. The quantitative estimate of drug-likeness (QED) is 0.790. The average molecular weight is 319 g/mol. The number of aliphatic hydroxyl groups is 1. The summed E-state index contributed by atoms with van der Waals surface area (Å²) in [5.74, 6) is 0.0681. The number of likely N-dealkylation sites (tertiary alicyclic amines) is 1. The molecule has 0 aliphatic carbocycles. The zero-order chi connectivity index (χ0) is 16.8. The highest BCUT2D eigenvalue weighted by Crippen LogP contribution is 2.20. The number of β-amino-alcohol motifs (C(OH)–C–C–N with tert-alkyl or cyclic N) is 1. The van der Waals surface area contributed by atoms with Gasteiger partial charge in [0.25, 0.3) is 0 Å². The third-order valence-corrected chi connectivity index (χ3v) is 4.56. The van der Waals surface area contributed by atoms with E-state index in [0.717, 1.165) is 13.0 Å². The summed E-state index contributed by atoms with van der Waals surface area (Å²) in [6.07, 6.45) is 1.20. The minimum atomic E-state index is -0.309. The summed E-state index contributed by atoms with van der Waals surface area (Å²) in [6.45, 7) is 4.09. The molecule has 3 atom stereocenters. The average Bonchev–Trinajstić information content (AvgIpc) is 2.86. The maximum atomic E-state index is 12.3. The van der Waals surface area contributed by atoms with E-state index in [1.165, 1.54) is 5.56 Å². The summed E-state index contributed by atoms with van der Waals surface area (Å²) in [5, 5.41) is 13.1. The molecule has 1 amide bonds. The van der Waals surface area contributed by atoms with Crippen LogP contribution in [0.1, 0.15) is 25.3 Å². The van der Waals surface area contributed by atoms with E-state index < -0.39 is 0 Å². The van der Waals surface area contributed by atoms with E-state index in [0.29, 0.717) is 19.5 Å². The lowest BCUT2D eigenvalue weighted by molar-refractivity contribution is -0.125. The van der Waals surface area contributed by atoms with Gasteiger partial charge in [0.1, 0.15) is 0 Å². The highest BCUT2D eigenvalue weighted by Gasteiger charge is 2.31. The minimum Gasteiger partial charge on any atom is -0.392 e. The van der Waals surface area contributed by atoms with E-state index in [4.69, 9.17) is 0 Å². The molecular weight excluding hydrogens is 290 g/mol. The highest BCUT2D eigenvalue weighted by atomic mass is 16.3. The summed E-state index contributed by atoms with van der Waals surface area (Å²) in [5.41, 5.74) is 1.23. The number of likely N-dealkylation sites (N-methyl/N-ethyl adjacent to an activating group) is 1. The molecule has 1 saturated heterocycles. The van der Waals surface area contributed by atoms with Crippen molar-refractivity contribution >= 4 is 5.91 Å². The van der Waals surface area contributed by atoms with Gasteiger partial charge in [-0.25, -0.2) is 0 Å². The number of carbonyl (C=O) groups excluding carboxylic acids is 1. The smallest absolute Gasteiger partial charge is 0.237 e. The standard InChI is InChI=1S/C18H29N3O2/c1-4-17(20(2)3)18(23)19-11-15-10-16(22)13-21(15)12-14-8-6-5-7-9-14/h5-9,15-17,22H,4,10-13H2,1-3H3,(H,19,23). The predicted octanol–water partition coefficient (Wildman–Crippen LogP) is 1.08. The summed E-state index contributed by atoms with van der Waals surface area (Å²) in [4.78, 5) is 16.5. The van der Waals surface area contributed by atoms with Gasteiger partial charge < -0.3 is 10.4 Å². The number of aliphatic hydroxyl groups excluding tert-OH is 1. The molecule has 1 aliphatic rings. The van der Waals surface area contributed by atoms with E-state index in [1.54, 1.807) is 0 Å². The van der Waals surface area contributed by atoms with Gasteiger partial charge in [0.15, 0.2) is 0 Å². The van der Waals surface area contributed by atoms with Crippen LogP contribution in [0.25, 0.3) is 0 Å². The van der Waals surface area contributed by atoms with Crippen molar-refractivity contribution in [3.8, 4) is 0 Å². The Hall–Kier alpha value is -1.43. The third kappa shape index (κ3) is 5.03. The molecule has 3 unspecified atom stereocenters. The summed E-state index contributed by atoms with van der Waals surface area (Å²) in [7, 11) is 3.85. The van der Waals surface area contributed by atoms with Crippen LogP contribution in [0.4, 0.5) is 0 Å². The summed E-state index contributed by atoms with van der Waals surface area (Å²) < 4.78 is 0. The van der Waals surface area contributed by atoms with Crippen molar-refractivity contribution in [3.63, 3.8) is 0 Å². The number of nitrogens with one attached hydrogen (secondary N) is 1. The second-order valence-electron chi connectivity index (χ2n) is 6.59. The first-order chi connectivity index (χ1) is 11.0. The number of hydrogen-bond donors (Lipinski definition) is 2. The number of hydrogen-bond acceptors (Lipinski definition) is 4. The number of nitrogens with zero attached hydrogens (tertiary/aromatic N) is 2. The lowest BCUT2D eigenvalue weighted by Gasteiger charge is -2.27. The summed E-state index contributed by atoms with van der Waals surface area (Å²) in [6, 6.07) is 10.4. The minimum absolute atomic E-state index is 0.0681. The maximum Gasteiger partial charge on any atom is 0.237 e. The number of benzene rings is 1. The van der Waals surface area contributed by atoms with Gasteiger partial charge in [-0.1, -0.05) is 37.3 Å². The van der Waals surface area contributed by atoms with Crippen LogP contribution in [0.3, 0.4) is 0 Å². The number of rotatable bonds is 7. The van der Waals surface area contributed by atoms with Crippen LogP contribution in [-0.2, 0) is 11.3 Å². The molecule has 2 N–H and O–H groups in total. The topological polar surface area (TPSA) is 55.8 Å². The highest BCUT2D eigenvalue weighted by molar-refractivity contribution is 5.81. The van der Waals surface area contributed by atoms with Crippen molar-refractivity contribution in [3.05, 3.63) is 35.9 Å². The van der Waals surface area contributed by atoms with Crippen molar-refractivity contribution in [2.24, 2.45) is 0 Å². The molecule has 2 rings (SSSR count). The van der Waals surface area contributed by atoms with Crippen LogP contribution in [0, 0.1) is 0 Å². The van der Waals surface area contributed by atoms with Crippen molar-refractivity contribution in [2.75, 3.05) is 27.2 Å². The Kier molecular flexibility index (Phi) is 6.57. The molecule has 1 aliphatic heterocycles. The van der Waals surface area contributed by atoms with Crippen molar-refractivity contribution in [2.45, 2.75) is 44.5 Å². The maximum absolute atomic E-state index is 12.3. The first-order valence-electron chi connectivity index (χ1n) is 8.41. The second-order valence-corrected chi connectivity index (χ2v) is 6.59. The van der Waals surface area contributed by atoms with Gasteiger partial charge in [0.2, 0.25) is 5.91 Å². The zero-order valence-electron chi connectivity index (χ0n) is 14.4. The van der Waals surface area contributed by atoms with E-state index in [1.807, 2.05) is 44.1 Å². The van der Waals surface area contributed by atoms with E-state index >= 15 is 0 Å². The van der Waals surface area contributed by atoms with Crippen LogP contribution < -0.4 is 5.32 Å².